The highest BCUT2D eigenvalue weighted by Gasteiger charge is 2.11. The first-order valence-corrected chi connectivity index (χ1v) is 8.86. The zero-order valence-electron chi connectivity index (χ0n) is 14.2. The fraction of sp³-hybridized carbons (Fsp3) is 0.444. The number of amides is 1. The molecule has 1 saturated heterocycles. The highest BCUT2D eigenvalue weighted by atomic mass is 35.5. The van der Waals surface area contributed by atoms with E-state index in [0.717, 1.165) is 44.7 Å². The predicted molar refractivity (Wildman–Crippen MR) is 99.2 cm³/mol. The minimum Gasteiger partial charge on any atom is -0.389 e. The first kappa shape index (κ1) is 19.3. The van der Waals surface area contributed by atoms with Gasteiger partial charge in [0.15, 0.2) is 0 Å². The average molecular weight is 362 g/mol. The van der Waals surface area contributed by atoms with Gasteiger partial charge in [0.05, 0.1) is 0 Å². The molecule has 0 bridgehead atoms. The van der Waals surface area contributed by atoms with Gasteiger partial charge < -0.3 is 16.0 Å². The van der Waals surface area contributed by atoms with Crippen molar-refractivity contribution in [1.29, 1.82) is 5.26 Å². The number of nitrogens with zero attached hydrogens (tertiary/aromatic N) is 2. The van der Waals surface area contributed by atoms with Crippen molar-refractivity contribution in [2.75, 3.05) is 45.8 Å². The molecule has 0 unspecified atom stereocenters. The van der Waals surface area contributed by atoms with Gasteiger partial charge in [-0.2, -0.15) is 5.26 Å². The van der Waals surface area contributed by atoms with Crippen molar-refractivity contribution in [3.63, 3.8) is 0 Å². The molecule has 0 spiro atoms. The van der Waals surface area contributed by atoms with Crippen LogP contribution in [0.5, 0.6) is 0 Å². The fourth-order valence-corrected chi connectivity index (χ4v) is 2.80. The Bertz CT molecular complexity index is 635. The van der Waals surface area contributed by atoms with Gasteiger partial charge in [-0.15, -0.1) is 0 Å². The second kappa shape index (κ2) is 10.7. The van der Waals surface area contributed by atoms with Crippen LogP contribution in [0.25, 0.3) is 0 Å². The number of carbonyl (C=O) groups excluding carboxylic acids is 1. The van der Waals surface area contributed by atoms with E-state index in [-0.39, 0.29) is 11.5 Å². The van der Waals surface area contributed by atoms with Gasteiger partial charge in [0.1, 0.15) is 11.6 Å². The smallest absolute Gasteiger partial charge is 0.263 e. The van der Waals surface area contributed by atoms with Crippen molar-refractivity contribution in [2.24, 2.45) is 0 Å². The van der Waals surface area contributed by atoms with Gasteiger partial charge in [0, 0.05) is 57.0 Å². The number of hydrogen-bond acceptors (Lipinski definition) is 5. The van der Waals surface area contributed by atoms with E-state index in [0.29, 0.717) is 18.1 Å². The lowest BCUT2D eigenvalue weighted by molar-refractivity contribution is -0.117. The molecule has 1 aromatic rings. The second-order valence-corrected chi connectivity index (χ2v) is 6.29. The van der Waals surface area contributed by atoms with Crippen molar-refractivity contribution in [3.8, 4) is 6.07 Å². The molecular formula is C18H24ClN5O. The fourth-order valence-electron chi connectivity index (χ4n) is 2.59. The summed E-state index contributed by atoms with van der Waals surface area (Å²) in [6, 6.07) is 9.57. The van der Waals surface area contributed by atoms with Crippen molar-refractivity contribution in [2.45, 2.75) is 6.42 Å². The molecule has 0 aromatic heterocycles. The summed E-state index contributed by atoms with van der Waals surface area (Å²) in [7, 11) is 0. The molecule has 6 nitrogen and oxygen atoms in total. The van der Waals surface area contributed by atoms with E-state index in [1.807, 2.05) is 30.3 Å². The Balaban J connectivity index is 1.69. The lowest BCUT2D eigenvalue weighted by atomic mass is 10.1. The maximum absolute atomic E-state index is 12.0. The van der Waals surface area contributed by atoms with Gasteiger partial charge in [-0.3, -0.25) is 9.69 Å². The third-order valence-corrected chi connectivity index (χ3v) is 4.22. The molecular weight excluding hydrogens is 338 g/mol. The minimum atomic E-state index is -0.340. The summed E-state index contributed by atoms with van der Waals surface area (Å²) in [5, 5.41) is 18.9. The highest BCUT2D eigenvalue weighted by molar-refractivity contribution is 6.30. The van der Waals surface area contributed by atoms with Crippen LogP contribution >= 0.6 is 11.6 Å². The summed E-state index contributed by atoms with van der Waals surface area (Å²) in [5.41, 5.74) is 1.19. The Labute approximate surface area is 153 Å². The quantitative estimate of drug-likeness (QED) is 0.364. The molecule has 7 heteroatoms. The molecule has 1 fully saturated rings. The topological polar surface area (TPSA) is 80.2 Å². The lowest BCUT2D eigenvalue weighted by Crippen LogP contribution is -2.46. The Morgan fingerprint density at radius 3 is 2.88 bits per heavy atom. The third-order valence-electron chi connectivity index (χ3n) is 3.98. The zero-order chi connectivity index (χ0) is 17.9. The Morgan fingerprint density at radius 1 is 1.36 bits per heavy atom. The van der Waals surface area contributed by atoms with Gasteiger partial charge in [-0.25, -0.2) is 0 Å². The Morgan fingerprint density at radius 2 is 2.16 bits per heavy atom. The van der Waals surface area contributed by atoms with E-state index >= 15 is 0 Å². The van der Waals surface area contributed by atoms with Crippen LogP contribution in [0.3, 0.4) is 0 Å². The van der Waals surface area contributed by atoms with E-state index in [1.54, 1.807) is 0 Å². The molecule has 2 rings (SSSR count). The first-order chi connectivity index (χ1) is 12.2. The summed E-state index contributed by atoms with van der Waals surface area (Å²) in [6.07, 6.45) is 2.24. The number of rotatable bonds is 8. The standard InChI is InChI=1S/C18H24ClN5O/c19-17-3-1-2-15(12-17)4-5-22-14-16(13-20)18(25)23-8-11-24-9-6-21-7-10-24/h1-3,12,14,21-22H,4-11H2,(H,23,25)/b16-14-. The number of carbonyl (C=O) groups is 1. The highest BCUT2D eigenvalue weighted by Crippen LogP contribution is 2.10. The largest absolute Gasteiger partial charge is 0.389 e. The van der Waals surface area contributed by atoms with Crippen LogP contribution in [-0.4, -0.2) is 56.6 Å². The second-order valence-electron chi connectivity index (χ2n) is 5.85. The van der Waals surface area contributed by atoms with Crippen LogP contribution in [0.4, 0.5) is 0 Å². The molecule has 0 saturated carbocycles. The molecule has 25 heavy (non-hydrogen) atoms. The van der Waals surface area contributed by atoms with Gasteiger partial charge in [0.25, 0.3) is 5.91 Å². The van der Waals surface area contributed by atoms with Crippen LogP contribution in [0, 0.1) is 11.3 Å². The lowest BCUT2D eigenvalue weighted by Gasteiger charge is -2.27. The molecule has 0 atom stereocenters. The van der Waals surface area contributed by atoms with E-state index in [9.17, 15) is 4.79 Å². The molecule has 1 aliphatic rings. The Hall–Kier alpha value is -2.07. The van der Waals surface area contributed by atoms with Crippen LogP contribution in [0.2, 0.25) is 5.02 Å². The van der Waals surface area contributed by atoms with Crippen LogP contribution in [-0.2, 0) is 11.2 Å². The molecule has 1 aliphatic heterocycles. The number of halogens is 1. The molecule has 1 aromatic carbocycles. The van der Waals surface area contributed by atoms with Crippen molar-refractivity contribution < 1.29 is 4.79 Å². The number of piperazine rings is 1. The Kier molecular flexibility index (Phi) is 8.26. The minimum absolute atomic E-state index is 0.0893. The zero-order valence-corrected chi connectivity index (χ0v) is 15.0. The summed E-state index contributed by atoms with van der Waals surface area (Å²) >= 11 is 5.94. The molecule has 3 N–H and O–H groups in total. The van der Waals surface area contributed by atoms with E-state index < -0.39 is 0 Å². The molecule has 134 valence electrons. The van der Waals surface area contributed by atoms with E-state index in [1.165, 1.54) is 6.20 Å². The molecule has 1 heterocycles. The molecule has 1 amide bonds. The van der Waals surface area contributed by atoms with Crippen molar-refractivity contribution in [3.05, 3.63) is 46.6 Å². The number of hydrogen-bond donors (Lipinski definition) is 3. The van der Waals surface area contributed by atoms with Crippen LogP contribution in [0.1, 0.15) is 5.56 Å². The number of benzene rings is 1. The maximum Gasteiger partial charge on any atom is 0.263 e. The van der Waals surface area contributed by atoms with Crippen molar-refractivity contribution in [1.82, 2.24) is 20.9 Å². The van der Waals surface area contributed by atoms with Gasteiger partial charge in [0.2, 0.25) is 0 Å². The summed E-state index contributed by atoms with van der Waals surface area (Å²) in [6.45, 7) is 5.90. The SMILES string of the molecule is N#C/C(=C/NCCc1cccc(Cl)c1)C(=O)NCCN1CCNCC1. The van der Waals surface area contributed by atoms with Gasteiger partial charge in [-0.1, -0.05) is 23.7 Å². The van der Waals surface area contributed by atoms with Gasteiger partial charge >= 0.3 is 0 Å². The van der Waals surface area contributed by atoms with E-state index in [2.05, 4.69) is 20.9 Å². The summed E-state index contributed by atoms with van der Waals surface area (Å²) in [4.78, 5) is 14.3. The number of nitriles is 1. The van der Waals surface area contributed by atoms with Crippen LogP contribution in [0.15, 0.2) is 36.0 Å². The monoisotopic (exact) mass is 361 g/mol. The summed E-state index contributed by atoms with van der Waals surface area (Å²) in [5.74, 6) is -0.340. The van der Waals surface area contributed by atoms with E-state index in [4.69, 9.17) is 16.9 Å². The van der Waals surface area contributed by atoms with Crippen molar-refractivity contribution >= 4 is 17.5 Å². The molecule has 0 aliphatic carbocycles. The van der Waals surface area contributed by atoms with Crippen LogP contribution < -0.4 is 16.0 Å². The normalized spacial score (nSPS) is 15.4. The maximum atomic E-state index is 12.0. The average Bonchev–Trinajstić information content (AvgIpc) is 2.62. The van der Waals surface area contributed by atoms with Gasteiger partial charge in [-0.05, 0) is 24.1 Å². The first-order valence-electron chi connectivity index (χ1n) is 8.48. The predicted octanol–water partition coefficient (Wildman–Crippen LogP) is 0.901. The molecule has 0 radical (unpaired) electrons. The summed E-state index contributed by atoms with van der Waals surface area (Å²) < 4.78 is 0. The number of nitrogens with one attached hydrogen (secondary N) is 3. The third kappa shape index (κ3) is 7.14.